The topological polar surface area (TPSA) is 52.7 Å². The maximum absolute atomic E-state index is 9.95. The van der Waals surface area contributed by atoms with Gasteiger partial charge in [-0.2, -0.15) is 0 Å². The molecular formula is C11H15N3O. The van der Waals surface area contributed by atoms with Crippen molar-refractivity contribution in [3.05, 3.63) is 41.7 Å². The van der Waals surface area contributed by atoms with E-state index >= 15 is 0 Å². The average Bonchev–Trinajstić information content (AvgIpc) is 2.45. The van der Waals surface area contributed by atoms with Gasteiger partial charge in [0.25, 0.3) is 0 Å². The van der Waals surface area contributed by atoms with Gasteiger partial charge in [0.05, 0.1) is 17.1 Å². The largest absolute Gasteiger partial charge is 0.397 e. The van der Waals surface area contributed by atoms with Gasteiger partial charge in [0.1, 0.15) is 0 Å². The summed E-state index contributed by atoms with van der Waals surface area (Å²) in [6.07, 6.45) is -0.766. The Bertz CT molecular complexity index is 370. The highest BCUT2D eigenvalue weighted by Gasteiger charge is 2.31. The van der Waals surface area contributed by atoms with E-state index in [9.17, 15) is 5.11 Å². The van der Waals surface area contributed by atoms with Crippen molar-refractivity contribution < 1.29 is 5.11 Å². The van der Waals surface area contributed by atoms with E-state index in [0.29, 0.717) is 5.70 Å². The highest BCUT2D eigenvalue weighted by Crippen LogP contribution is 2.28. The third-order valence-electron chi connectivity index (χ3n) is 2.76. The van der Waals surface area contributed by atoms with Gasteiger partial charge in [0.15, 0.2) is 6.23 Å². The number of para-hydroxylation sites is 1. The summed E-state index contributed by atoms with van der Waals surface area (Å²) in [6.45, 7) is 1.89. The van der Waals surface area contributed by atoms with Crippen molar-refractivity contribution >= 4 is 5.69 Å². The van der Waals surface area contributed by atoms with E-state index in [1.165, 1.54) is 0 Å². The molecule has 0 aliphatic carbocycles. The molecule has 0 radical (unpaired) electrons. The number of hydrogen-bond donors (Lipinski definition) is 2. The lowest BCUT2D eigenvalue weighted by atomic mass is 10.3. The Hall–Kier alpha value is -1.68. The fraction of sp³-hybridized carbons (Fsp3) is 0.273. The van der Waals surface area contributed by atoms with E-state index < -0.39 is 6.23 Å². The van der Waals surface area contributed by atoms with Crippen molar-refractivity contribution in [2.24, 2.45) is 5.73 Å². The summed E-state index contributed by atoms with van der Waals surface area (Å²) in [5, 5.41) is 13.6. The van der Waals surface area contributed by atoms with Crippen molar-refractivity contribution in [3.8, 4) is 0 Å². The van der Waals surface area contributed by atoms with Crippen molar-refractivity contribution in [3.63, 3.8) is 0 Å². The first-order valence-corrected chi connectivity index (χ1v) is 4.85. The molecular weight excluding hydrogens is 190 g/mol. The minimum absolute atomic E-state index is 0.501. The van der Waals surface area contributed by atoms with Crippen molar-refractivity contribution in [2.45, 2.75) is 13.2 Å². The van der Waals surface area contributed by atoms with E-state index in [4.69, 9.17) is 5.73 Å². The van der Waals surface area contributed by atoms with Crippen LogP contribution in [0.15, 0.2) is 41.7 Å². The molecule has 0 aromatic heterocycles. The summed E-state index contributed by atoms with van der Waals surface area (Å²) in [5.74, 6) is 0. The molecule has 4 heteroatoms. The lowest BCUT2D eigenvalue weighted by Gasteiger charge is -2.31. The summed E-state index contributed by atoms with van der Waals surface area (Å²) >= 11 is 0. The molecule has 0 saturated carbocycles. The first-order chi connectivity index (χ1) is 7.13. The van der Waals surface area contributed by atoms with Crippen LogP contribution in [0, 0.1) is 0 Å². The number of benzene rings is 1. The van der Waals surface area contributed by atoms with Gasteiger partial charge in [0.2, 0.25) is 0 Å². The van der Waals surface area contributed by atoms with Crippen molar-refractivity contribution in [2.75, 3.05) is 12.1 Å². The smallest absolute Gasteiger partial charge is 0.188 e. The van der Waals surface area contributed by atoms with Gasteiger partial charge in [-0.15, -0.1) is 0 Å². The first-order valence-electron chi connectivity index (χ1n) is 4.85. The summed E-state index contributed by atoms with van der Waals surface area (Å²) in [6, 6.07) is 9.67. The van der Waals surface area contributed by atoms with Crippen LogP contribution < -0.4 is 10.7 Å². The molecule has 1 heterocycles. The monoisotopic (exact) mass is 205 g/mol. The van der Waals surface area contributed by atoms with E-state index in [2.05, 4.69) is 0 Å². The number of nitrogens with zero attached hydrogens (tertiary/aromatic N) is 2. The summed E-state index contributed by atoms with van der Waals surface area (Å²) in [4.78, 5) is 0. The Labute approximate surface area is 89.2 Å². The minimum atomic E-state index is -0.766. The van der Waals surface area contributed by atoms with Crippen LogP contribution in [-0.2, 0) is 0 Å². The molecule has 0 saturated heterocycles. The average molecular weight is 205 g/mol. The molecule has 1 unspecified atom stereocenters. The Kier molecular flexibility index (Phi) is 2.28. The Morgan fingerprint density at radius 3 is 2.33 bits per heavy atom. The van der Waals surface area contributed by atoms with Crippen LogP contribution in [0.1, 0.15) is 6.92 Å². The van der Waals surface area contributed by atoms with Crippen LogP contribution in [-0.4, -0.2) is 23.4 Å². The van der Waals surface area contributed by atoms with Gasteiger partial charge in [0, 0.05) is 7.05 Å². The number of anilines is 1. The SMILES string of the molecule is CC1=C(N)C(O)N(c2ccccc2)N1C. The van der Waals surface area contributed by atoms with Crippen molar-refractivity contribution in [1.82, 2.24) is 5.01 Å². The maximum atomic E-state index is 9.95. The van der Waals surface area contributed by atoms with Gasteiger partial charge in [-0.05, 0) is 19.1 Å². The van der Waals surface area contributed by atoms with Crippen LogP contribution in [0.2, 0.25) is 0 Å². The number of aliphatic hydroxyl groups is 1. The molecule has 0 bridgehead atoms. The van der Waals surface area contributed by atoms with Crippen LogP contribution in [0.4, 0.5) is 5.69 Å². The molecule has 1 aliphatic rings. The van der Waals surface area contributed by atoms with E-state index in [0.717, 1.165) is 11.4 Å². The Morgan fingerprint density at radius 1 is 1.27 bits per heavy atom. The van der Waals surface area contributed by atoms with Gasteiger partial charge in [-0.1, -0.05) is 18.2 Å². The molecule has 2 rings (SSSR count). The second-order valence-corrected chi connectivity index (χ2v) is 3.62. The molecule has 0 spiro atoms. The van der Waals surface area contributed by atoms with Gasteiger partial charge >= 0.3 is 0 Å². The zero-order valence-corrected chi connectivity index (χ0v) is 8.88. The van der Waals surface area contributed by atoms with Crippen LogP contribution in [0.3, 0.4) is 0 Å². The first kappa shape index (κ1) is 9.86. The minimum Gasteiger partial charge on any atom is -0.397 e. The second kappa shape index (κ2) is 3.47. The van der Waals surface area contributed by atoms with Gasteiger partial charge in [-0.3, -0.25) is 10.0 Å². The molecule has 1 atom stereocenters. The second-order valence-electron chi connectivity index (χ2n) is 3.62. The molecule has 4 nitrogen and oxygen atoms in total. The van der Waals surface area contributed by atoms with E-state index in [-0.39, 0.29) is 0 Å². The highest BCUT2D eigenvalue weighted by atomic mass is 16.3. The molecule has 80 valence electrons. The third kappa shape index (κ3) is 1.43. The number of rotatable bonds is 1. The van der Waals surface area contributed by atoms with E-state index in [1.807, 2.05) is 49.3 Å². The molecule has 1 aromatic rings. The van der Waals surface area contributed by atoms with Crippen LogP contribution in [0.5, 0.6) is 0 Å². The molecule has 1 aliphatic heterocycles. The Morgan fingerprint density at radius 2 is 1.87 bits per heavy atom. The van der Waals surface area contributed by atoms with Crippen LogP contribution in [0.25, 0.3) is 0 Å². The van der Waals surface area contributed by atoms with E-state index in [1.54, 1.807) is 5.01 Å². The molecule has 0 fully saturated rings. The standard InChI is InChI=1S/C11H15N3O/c1-8-10(12)11(15)14(13(8)2)9-6-4-3-5-7-9/h3-7,11,15H,12H2,1-2H3. The number of hydrogen-bond acceptors (Lipinski definition) is 4. The normalized spacial score (nSPS) is 21.4. The van der Waals surface area contributed by atoms with Gasteiger partial charge in [-0.25, -0.2) is 0 Å². The van der Waals surface area contributed by atoms with Crippen LogP contribution >= 0.6 is 0 Å². The number of nitrogens with two attached hydrogens (primary N) is 1. The van der Waals surface area contributed by atoms with Crippen molar-refractivity contribution in [1.29, 1.82) is 0 Å². The number of aliphatic hydroxyl groups excluding tert-OH is 1. The summed E-state index contributed by atoms with van der Waals surface area (Å²) in [7, 11) is 1.88. The molecule has 3 N–H and O–H groups in total. The zero-order chi connectivity index (χ0) is 11.0. The molecule has 1 aromatic carbocycles. The fourth-order valence-corrected chi connectivity index (χ4v) is 1.73. The predicted octanol–water partition coefficient (Wildman–Crippen LogP) is 0.862. The number of allylic oxidation sites excluding steroid dienone is 1. The lowest BCUT2D eigenvalue weighted by molar-refractivity contribution is 0.173. The molecule has 15 heavy (non-hydrogen) atoms. The lowest BCUT2D eigenvalue weighted by Crippen LogP contribution is -2.41. The predicted molar refractivity (Wildman–Crippen MR) is 59.6 cm³/mol. The van der Waals surface area contributed by atoms with Gasteiger partial charge < -0.3 is 10.8 Å². The summed E-state index contributed by atoms with van der Waals surface area (Å²) in [5.41, 5.74) is 8.09. The quantitative estimate of drug-likeness (QED) is 0.714. The maximum Gasteiger partial charge on any atom is 0.188 e. The highest BCUT2D eigenvalue weighted by molar-refractivity contribution is 5.50. The number of hydrazine groups is 1. The molecule has 0 amide bonds. The summed E-state index contributed by atoms with van der Waals surface area (Å²) < 4.78 is 0. The third-order valence-corrected chi connectivity index (χ3v) is 2.76. The fourth-order valence-electron chi connectivity index (χ4n) is 1.73. The zero-order valence-electron chi connectivity index (χ0n) is 8.88. The Balaban J connectivity index is 2.35.